The van der Waals surface area contributed by atoms with Crippen molar-refractivity contribution in [3.8, 4) is 0 Å². The molecule has 0 spiro atoms. The van der Waals surface area contributed by atoms with Gasteiger partial charge in [-0.1, -0.05) is 86.8 Å². The van der Waals surface area contributed by atoms with Crippen molar-refractivity contribution < 1.29 is 29.4 Å². The van der Waals surface area contributed by atoms with Gasteiger partial charge in [0, 0.05) is 18.6 Å². The maximum Gasteiger partial charge on any atom is 0.322 e. The Morgan fingerprint density at radius 3 is 1.55 bits per heavy atom. The van der Waals surface area contributed by atoms with Crippen LogP contribution in [0.4, 0.5) is 0 Å². The molecule has 2 atom stereocenters. The van der Waals surface area contributed by atoms with Gasteiger partial charge < -0.3 is 21.7 Å². The number of rotatable bonds is 21. The minimum absolute atomic E-state index is 0. The average Bonchev–Trinajstić information content (AvgIpc) is 2.75. The summed E-state index contributed by atoms with van der Waals surface area (Å²) in [4.78, 5) is 49.4. The molecule has 8 nitrogen and oxygen atoms in total. The molecule has 0 aromatic heterocycles. The summed E-state index contributed by atoms with van der Waals surface area (Å²) in [6, 6.07) is -2.91. The van der Waals surface area contributed by atoms with E-state index in [0.717, 1.165) is 73.0 Å². The number of carboxylic acids is 2. The number of halogens is 1. The van der Waals surface area contributed by atoms with E-state index in [1.165, 1.54) is 0 Å². The molecule has 0 aromatic rings. The molecular formula is C22H41ClN2O6S2. The highest BCUT2D eigenvalue weighted by molar-refractivity contribution is 8.77. The molecular weight excluding hydrogens is 488 g/mol. The van der Waals surface area contributed by atoms with Crippen LogP contribution >= 0.6 is 34.0 Å². The van der Waals surface area contributed by atoms with Gasteiger partial charge in [-0.3, -0.25) is 19.2 Å². The number of nitrogens with two attached hydrogens (primary N) is 2. The van der Waals surface area contributed by atoms with Crippen LogP contribution in [0.15, 0.2) is 0 Å². The first kappa shape index (κ1) is 34.4. The number of unbranched alkanes of at least 4 members (excludes halogenated alkanes) is 8. The largest absolute Gasteiger partial charge is 0.480 e. The predicted molar refractivity (Wildman–Crippen MR) is 138 cm³/mol. The predicted octanol–water partition coefficient (Wildman–Crippen LogP) is 4.21. The van der Waals surface area contributed by atoms with Crippen molar-refractivity contribution in [3.05, 3.63) is 0 Å². The van der Waals surface area contributed by atoms with Gasteiger partial charge in [0.15, 0.2) is 16.3 Å². The highest BCUT2D eigenvalue weighted by Crippen LogP contribution is 2.42. The summed E-state index contributed by atoms with van der Waals surface area (Å²) in [7, 11) is 1.69. The van der Waals surface area contributed by atoms with Crippen molar-refractivity contribution >= 4 is 57.5 Å². The molecule has 33 heavy (non-hydrogen) atoms. The zero-order valence-electron chi connectivity index (χ0n) is 19.8. The topological polar surface area (TPSA) is 161 Å². The third-order valence-electron chi connectivity index (χ3n) is 5.30. The van der Waals surface area contributed by atoms with Crippen LogP contribution in [-0.4, -0.2) is 56.3 Å². The number of ketones is 2. The Hall–Kier alpha value is -0.810. The van der Waals surface area contributed by atoms with Gasteiger partial charge in [0.1, 0.15) is 12.1 Å². The van der Waals surface area contributed by atoms with Gasteiger partial charge in [0.25, 0.3) is 0 Å². The maximum absolute atomic E-state index is 13.3. The van der Waals surface area contributed by atoms with Crippen LogP contribution in [0.25, 0.3) is 0 Å². The van der Waals surface area contributed by atoms with E-state index < -0.39 is 40.3 Å². The highest BCUT2D eigenvalue weighted by Gasteiger charge is 2.53. The smallest absolute Gasteiger partial charge is 0.322 e. The standard InChI is InChI=1S/C22H40N2O6S2.ClH/c1-3-5-7-9-11-13-17(25)22(19(24)21(29)30,32-31-15-16(23)20(27)28)18(26)14-12-10-8-6-4-2;/h16,19H,3-15,23-24H2,1-2H3,(H,27,28)(H,29,30);1H/t16-,19+;/m0./s1. The molecule has 0 aromatic carbocycles. The minimum atomic E-state index is -1.95. The molecule has 0 amide bonds. The Morgan fingerprint density at radius 2 is 1.18 bits per heavy atom. The van der Waals surface area contributed by atoms with E-state index >= 15 is 0 Å². The number of carboxylic acid groups (broad SMARTS) is 2. The molecule has 11 heteroatoms. The molecule has 0 heterocycles. The third kappa shape index (κ3) is 12.5. The van der Waals surface area contributed by atoms with Crippen LogP contribution in [0.1, 0.15) is 90.9 Å². The fraction of sp³-hybridized carbons (Fsp3) is 0.818. The number of Topliss-reactive ketones (excluding diaryl/α,β-unsaturated/α-hetero) is 2. The molecule has 0 aliphatic rings. The number of carbonyl (C=O) groups excluding carboxylic acids is 2. The molecule has 0 aliphatic heterocycles. The van der Waals surface area contributed by atoms with Crippen LogP contribution < -0.4 is 11.5 Å². The van der Waals surface area contributed by atoms with Crippen molar-refractivity contribution in [3.63, 3.8) is 0 Å². The van der Waals surface area contributed by atoms with Gasteiger partial charge in [-0.2, -0.15) is 0 Å². The number of hydrogen-bond acceptors (Lipinski definition) is 8. The first-order valence-electron chi connectivity index (χ1n) is 11.5. The summed E-state index contributed by atoms with van der Waals surface area (Å²) in [6.07, 6.45) is 8.96. The van der Waals surface area contributed by atoms with Gasteiger partial charge in [-0.15, -0.1) is 12.4 Å². The van der Waals surface area contributed by atoms with Crippen LogP contribution in [0.2, 0.25) is 0 Å². The van der Waals surface area contributed by atoms with Gasteiger partial charge in [-0.25, -0.2) is 0 Å². The van der Waals surface area contributed by atoms with Crippen LogP contribution in [0.3, 0.4) is 0 Å². The van der Waals surface area contributed by atoms with Crippen molar-refractivity contribution in [2.45, 2.75) is 108 Å². The second kappa shape index (κ2) is 19.5. The summed E-state index contributed by atoms with van der Waals surface area (Å²) in [6.45, 7) is 4.16. The highest BCUT2D eigenvalue weighted by atomic mass is 35.5. The minimum Gasteiger partial charge on any atom is -0.480 e. The fourth-order valence-electron chi connectivity index (χ4n) is 3.24. The van der Waals surface area contributed by atoms with Crippen molar-refractivity contribution in [2.75, 3.05) is 5.75 Å². The van der Waals surface area contributed by atoms with Gasteiger partial charge in [-0.05, 0) is 12.8 Å². The zero-order valence-corrected chi connectivity index (χ0v) is 22.2. The first-order chi connectivity index (χ1) is 15.1. The summed E-state index contributed by atoms with van der Waals surface area (Å²) >= 11 is 0. The van der Waals surface area contributed by atoms with Crippen LogP contribution in [0.5, 0.6) is 0 Å². The Balaban J connectivity index is 0. The second-order valence-corrected chi connectivity index (χ2v) is 10.6. The second-order valence-electron chi connectivity index (χ2n) is 8.04. The van der Waals surface area contributed by atoms with Crippen molar-refractivity contribution in [1.29, 1.82) is 0 Å². The number of carbonyl (C=O) groups is 4. The first-order valence-corrected chi connectivity index (χ1v) is 13.8. The normalized spacial score (nSPS) is 13.1. The number of hydrogen-bond donors (Lipinski definition) is 4. The van der Waals surface area contributed by atoms with Crippen molar-refractivity contribution in [1.82, 2.24) is 0 Å². The lowest BCUT2D eigenvalue weighted by molar-refractivity contribution is -0.144. The lowest BCUT2D eigenvalue weighted by Gasteiger charge is -2.33. The molecule has 6 N–H and O–H groups in total. The Bertz CT molecular complexity index is 583. The monoisotopic (exact) mass is 528 g/mol. The van der Waals surface area contributed by atoms with Crippen LogP contribution in [0, 0.1) is 0 Å². The fourth-order valence-corrected chi connectivity index (χ4v) is 6.45. The molecule has 0 aliphatic carbocycles. The quantitative estimate of drug-likeness (QED) is 0.0963. The molecule has 0 unspecified atom stereocenters. The SMILES string of the molecule is CCCCCCCC(=O)C(SSC[C@H](N)C(=O)O)(C(=O)CCCCCCC)[C@H](N)C(=O)O.Cl. The average molecular weight is 529 g/mol. The van der Waals surface area contributed by atoms with Crippen molar-refractivity contribution in [2.24, 2.45) is 11.5 Å². The van der Waals surface area contributed by atoms with E-state index in [9.17, 15) is 24.3 Å². The van der Waals surface area contributed by atoms with Gasteiger partial charge in [0.2, 0.25) is 0 Å². The van der Waals surface area contributed by atoms with E-state index in [0.29, 0.717) is 12.8 Å². The molecule has 0 saturated carbocycles. The van der Waals surface area contributed by atoms with Crippen LogP contribution in [-0.2, 0) is 19.2 Å². The van der Waals surface area contributed by atoms with Gasteiger partial charge in [0.05, 0.1) is 0 Å². The molecule has 0 saturated heterocycles. The molecule has 0 bridgehead atoms. The molecule has 0 fully saturated rings. The summed E-state index contributed by atoms with van der Waals surface area (Å²) in [5.74, 6) is -3.72. The van der Waals surface area contributed by atoms with E-state index in [4.69, 9.17) is 16.6 Å². The van der Waals surface area contributed by atoms with Gasteiger partial charge >= 0.3 is 11.9 Å². The Morgan fingerprint density at radius 1 is 0.758 bits per heavy atom. The lowest BCUT2D eigenvalue weighted by atomic mass is 9.85. The Labute approximate surface area is 211 Å². The van der Waals surface area contributed by atoms with E-state index in [1.54, 1.807) is 0 Å². The Kier molecular flexibility index (Phi) is 20.3. The molecule has 0 rings (SSSR count). The molecule has 0 radical (unpaired) electrons. The van der Waals surface area contributed by atoms with E-state index in [1.807, 2.05) is 0 Å². The third-order valence-corrected chi connectivity index (χ3v) is 8.44. The summed E-state index contributed by atoms with van der Waals surface area (Å²) in [5, 5.41) is 18.6. The molecule has 194 valence electrons. The summed E-state index contributed by atoms with van der Waals surface area (Å²) in [5.41, 5.74) is 11.5. The summed E-state index contributed by atoms with van der Waals surface area (Å²) < 4.78 is -1.95. The number of aliphatic carboxylic acids is 2. The van der Waals surface area contributed by atoms with E-state index in [-0.39, 0.29) is 31.0 Å². The zero-order chi connectivity index (χ0) is 24.6. The lowest BCUT2D eigenvalue weighted by Crippen LogP contribution is -2.60. The maximum atomic E-state index is 13.3. The van der Waals surface area contributed by atoms with E-state index in [2.05, 4.69) is 13.8 Å².